The first-order valence-corrected chi connectivity index (χ1v) is 32.3. The SMILES string of the molecule is COc1cc2c(cc1OCc1cc(COc3cc4c(cc3OC)C(=O)N3c5ccccc5C[C@H]3C(S(=O)(=O)O)N4)cc(NC(=O)[C@H](C)NC(=O)[C@H](C)NC(=O)CCCCC(=O)NCCN3C(=O)CC(SC[C@H](N)C(=O)O)C3=O)c1)NC[C@@H]1Cc3ccccc3N1C2=O. The molecule has 486 valence electrons. The van der Waals surface area contributed by atoms with Gasteiger partial charge in [-0.2, -0.15) is 8.42 Å². The topological polar surface area (TPSA) is 373 Å². The number of methoxy groups -OCH3 is 2. The molecule has 1 saturated heterocycles. The number of amides is 8. The number of nitrogens with zero attached hydrogens (tertiary/aromatic N) is 3. The molecule has 10 N–H and O–H groups in total. The zero-order valence-electron chi connectivity index (χ0n) is 50.6. The molecule has 8 amide bonds. The van der Waals surface area contributed by atoms with E-state index in [1.54, 1.807) is 59.5 Å². The highest BCUT2D eigenvalue weighted by Crippen LogP contribution is 2.44. The number of fused-ring (bicyclic) bond motifs is 8. The van der Waals surface area contributed by atoms with E-state index >= 15 is 0 Å². The maximum atomic E-state index is 14.4. The first-order chi connectivity index (χ1) is 44.0. The standard InChI is InChI=1S/C63H70N10O17S2/c1-33(67-55(75)16-10-9-15-54(74)65-17-18-71-56(76)28-53(62(71)81)91-32-43(64)63(82)83)57(77)68-34(2)58(78)69-39-20-35(30-89-51-26-44-41(24-49(51)87-3)60(79)72-40(29-66-44)22-37-11-5-7-13-46(37)72)19-36(21-39)31-90-52-27-45-42(25-50(52)88-4)61(80)73-47-14-8-6-12-38(47)23-48(73)59(70-45)92(84,85)86/h5-8,11-14,19-21,24-27,33-34,40,43,48,53,59,66,70H,9-10,15-18,22-23,28-32,64H2,1-4H3,(H,65,74)(H,67,75)(H,68,77)(H,69,78)(H,82,83)(H,84,85,86)/t33-,34-,40-,43-,48-,53?,59?/m0/s1. The van der Waals surface area contributed by atoms with Crippen molar-refractivity contribution in [1.29, 1.82) is 0 Å². The molecule has 92 heavy (non-hydrogen) atoms. The quantitative estimate of drug-likeness (QED) is 0.0215. The number of para-hydroxylation sites is 2. The number of rotatable bonds is 26. The number of benzene rings is 5. The van der Waals surface area contributed by atoms with E-state index in [4.69, 9.17) is 29.8 Å². The summed E-state index contributed by atoms with van der Waals surface area (Å²) in [4.78, 5) is 122. The number of hydrogen-bond acceptors (Lipinski definition) is 19. The summed E-state index contributed by atoms with van der Waals surface area (Å²) >= 11 is 0.994. The number of nitrogens with one attached hydrogen (secondary N) is 6. The summed E-state index contributed by atoms with van der Waals surface area (Å²) in [6, 6.07) is 21.4. The van der Waals surface area contributed by atoms with Crippen molar-refractivity contribution >= 4 is 104 Å². The lowest BCUT2D eigenvalue weighted by Gasteiger charge is -2.27. The molecular formula is C63H70N10O17S2. The minimum Gasteiger partial charge on any atom is -0.493 e. The van der Waals surface area contributed by atoms with E-state index < -0.39 is 86.3 Å². The Hall–Kier alpha value is -9.45. The molecule has 5 aromatic carbocycles. The molecule has 5 aromatic rings. The van der Waals surface area contributed by atoms with Gasteiger partial charge in [0, 0.05) is 73.8 Å². The van der Waals surface area contributed by atoms with Crippen molar-refractivity contribution < 1.29 is 80.2 Å². The molecule has 0 radical (unpaired) electrons. The fraction of sp³-hybridized carbons (Fsp3) is 0.381. The number of hydrogen-bond donors (Lipinski definition) is 9. The van der Waals surface area contributed by atoms with Crippen LogP contribution in [-0.4, -0.2) is 157 Å². The van der Waals surface area contributed by atoms with Crippen molar-refractivity contribution in [2.75, 3.05) is 65.4 Å². The van der Waals surface area contributed by atoms with Gasteiger partial charge in [-0.15, -0.1) is 11.8 Å². The number of ether oxygens (including phenoxy) is 4. The van der Waals surface area contributed by atoms with Gasteiger partial charge in [0.05, 0.1) is 54.1 Å². The fourth-order valence-electron chi connectivity index (χ4n) is 11.7. The van der Waals surface area contributed by atoms with Crippen LogP contribution in [0.5, 0.6) is 23.0 Å². The second kappa shape index (κ2) is 28.0. The summed E-state index contributed by atoms with van der Waals surface area (Å²) in [5.41, 5.74) is 10.9. The smallest absolute Gasteiger partial charge is 0.321 e. The number of carbonyl (C=O) groups is 9. The van der Waals surface area contributed by atoms with Gasteiger partial charge >= 0.3 is 5.97 Å². The number of anilines is 5. The Kier molecular flexibility index (Phi) is 19.9. The van der Waals surface area contributed by atoms with Crippen LogP contribution in [0.1, 0.15) is 88.9 Å². The van der Waals surface area contributed by atoms with Gasteiger partial charge in [-0.05, 0) is 104 Å². The van der Waals surface area contributed by atoms with Crippen LogP contribution in [0.2, 0.25) is 0 Å². The number of carboxylic acid groups (broad SMARTS) is 1. The minimum atomic E-state index is -4.81. The van der Waals surface area contributed by atoms with Crippen LogP contribution < -0.4 is 66.4 Å². The molecule has 5 aliphatic heterocycles. The second-order valence-corrected chi connectivity index (χ2v) is 25.6. The van der Waals surface area contributed by atoms with Crippen molar-refractivity contribution in [3.63, 3.8) is 0 Å². The maximum absolute atomic E-state index is 14.4. The highest BCUT2D eigenvalue weighted by atomic mass is 32.2. The highest BCUT2D eigenvalue weighted by molar-refractivity contribution is 8.00. The average Bonchev–Trinajstić information content (AvgIpc) is 1.60. The molecule has 0 aliphatic carbocycles. The van der Waals surface area contributed by atoms with Crippen LogP contribution in [0.25, 0.3) is 0 Å². The van der Waals surface area contributed by atoms with E-state index in [2.05, 4.69) is 31.9 Å². The molecule has 27 nitrogen and oxygen atoms in total. The zero-order valence-corrected chi connectivity index (χ0v) is 52.3. The van der Waals surface area contributed by atoms with E-state index in [-0.39, 0.29) is 116 Å². The highest BCUT2D eigenvalue weighted by Gasteiger charge is 2.48. The summed E-state index contributed by atoms with van der Waals surface area (Å²) in [6.45, 7) is 2.97. The Morgan fingerprint density at radius 2 is 1.29 bits per heavy atom. The molecule has 2 unspecified atom stereocenters. The van der Waals surface area contributed by atoms with E-state index in [1.807, 2.05) is 24.3 Å². The largest absolute Gasteiger partial charge is 0.493 e. The van der Waals surface area contributed by atoms with Gasteiger partial charge in [0.2, 0.25) is 35.4 Å². The first kappa shape index (κ1) is 65.5. The van der Waals surface area contributed by atoms with Crippen LogP contribution >= 0.6 is 11.8 Å². The summed E-state index contributed by atoms with van der Waals surface area (Å²) in [5.74, 6) is -4.32. The summed E-state index contributed by atoms with van der Waals surface area (Å²) in [5, 5.41) is 23.7. The van der Waals surface area contributed by atoms with Crippen LogP contribution in [0.15, 0.2) is 91.0 Å². The lowest BCUT2D eigenvalue weighted by atomic mass is 10.1. The third-order valence-corrected chi connectivity index (χ3v) is 18.8. The minimum absolute atomic E-state index is 0.00418. The van der Waals surface area contributed by atoms with E-state index in [9.17, 15) is 56.1 Å². The molecular weight excluding hydrogens is 1230 g/mol. The summed E-state index contributed by atoms with van der Waals surface area (Å²) in [7, 11) is -1.98. The molecule has 0 spiro atoms. The third-order valence-electron chi connectivity index (χ3n) is 16.4. The summed E-state index contributed by atoms with van der Waals surface area (Å²) < 4.78 is 60.9. The van der Waals surface area contributed by atoms with Crippen LogP contribution in [0, 0.1) is 0 Å². The number of likely N-dealkylation sites (tertiary alicyclic amines) is 1. The Balaban J connectivity index is 0.786. The average molecular weight is 1300 g/mol. The second-order valence-electron chi connectivity index (χ2n) is 22.8. The van der Waals surface area contributed by atoms with E-state index in [0.717, 1.165) is 33.5 Å². The Morgan fingerprint density at radius 1 is 0.717 bits per heavy atom. The van der Waals surface area contributed by atoms with Gasteiger partial charge in [0.15, 0.2) is 28.4 Å². The maximum Gasteiger partial charge on any atom is 0.321 e. The van der Waals surface area contributed by atoms with Gasteiger partial charge in [-0.3, -0.25) is 52.6 Å². The van der Waals surface area contributed by atoms with Gasteiger partial charge in [-0.25, -0.2) is 0 Å². The number of unbranched alkanes of at least 4 members (excludes halogenated alkanes) is 1. The summed E-state index contributed by atoms with van der Waals surface area (Å²) in [6.07, 6.45) is 1.32. The number of imide groups is 1. The molecule has 1 fully saturated rings. The number of aliphatic carboxylic acids is 1. The number of carbonyl (C=O) groups excluding carboxylic acids is 8. The van der Waals surface area contributed by atoms with Crippen LogP contribution in [0.4, 0.5) is 28.4 Å². The number of thioether (sulfide) groups is 1. The van der Waals surface area contributed by atoms with Crippen LogP contribution in [-0.2, 0) is 69.7 Å². The number of nitrogens with two attached hydrogens (primary N) is 1. The third kappa shape index (κ3) is 14.5. The van der Waals surface area contributed by atoms with E-state index in [1.165, 1.54) is 45.1 Å². The Labute approximate surface area is 533 Å². The molecule has 0 bridgehead atoms. The fourth-order valence-corrected chi connectivity index (χ4v) is 13.7. The Bertz CT molecular complexity index is 3890. The monoisotopic (exact) mass is 1300 g/mol. The van der Waals surface area contributed by atoms with Gasteiger partial charge in [0.25, 0.3) is 21.9 Å². The lowest BCUT2D eigenvalue weighted by Crippen LogP contribution is -2.50. The van der Waals surface area contributed by atoms with Crippen molar-refractivity contribution in [3.05, 3.63) is 124 Å². The van der Waals surface area contributed by atoms with Crippen LogP contribution in [0.3, 0.4) is 0 Å². The predicted molar refractivity (Wildman–Crippen MR) is 339 cm³/mol. The Morgan fingerprint density at radius 3 is 1.92 bits per heavy atom. The lowest BCUT2D eigenvalue weighted by molar-refractivity contribution is -0.139. The van der Waals surface area contributed by atoms with Crippen molar-refractivity contribution in [1.82, 2.24) is 20.9 Å². The first-order valence-electron chi connectivity index (χ1n) is 29.7. The molecule has 10 rings (SSSR count). The van der Waals surface area contributed by atoms with Gasteiger partial charge in [0.1, 0.15) is 31.3 Å². The van der Waals surface area contributed by atoms with Crippen molar-refractivity contribution in [2.24, 2.45) is 5.73 Å². The zero-order chi connectivity index (χ0) is 65.7. The molecule has 5 heterocycles. The predicted octanol–water partition coefficient (Wildman–Crippen LogP) is 3.97. The van der Waals surface area contributed by atoms with Crippen molar-refractivity contribution in [3.8, 4) is 23.0 Å². The molecule has 0 aromatic heterocycles. The van der Waals surface area contributed by atoms with E-state index in [0.29, 0.717) is 53.2 Å². The molecule has 0 saturated carbocycles. The normalized spacial score (nSPS) is 18.8. The molecule has 29 heteroatoms. The molecule has 7 atom stereocenters. The molecule has 5 aliphatic rings. The van der Waals surface area contributed by atoms with Gasteiger partial charge < -0.3 is 71.5 Å². The van der Waals surface area contributed by atoms with Crippen molar-refractivity contribution in [2.45, 2.75) is 113 Å². The van der Waals surface area contributed by atoms with Gasteiger partial charge in [-0.1, -0.05) is 36.4 Å². The number of carboxylic acids is 1.